The lowest BCUT2D eigenvalue weighted by atomic mass is 10.1. The van der Waals surface area contributed by atoms with Crippen LogP contribution >= 0.6 is 0 Å². The van der Waals surface area contributed by atoms with Gasteiger partial charge in [0.25, 0.3) is 0 Å². The molecule has 0 bridgehead atoms. The second-order valence-corrected chi connectivity index (χ2v) is 3.83. The maximum atomic E-state index is 10.3. The summed E-state index contributed by atoms with van der Waals surface area (Å²) in [6.45, 7) is 3.49. The van der Waals surface area contributed by atoms with E-state index in [9.17, 15) is 4.79 Å². The third kappa shape index (κ3) is 5.54. The fourth-order valence-corrected chi connectivity index (χ4v) is 1.54. The van der Waals surface area contributed by atoms with E-state index in [0.29, 0.717) is 13.2 Å². The van der Waals surface area contributed by atoms with Crippen molar-refractivity contribution < 1.29 is 19.4 Å². The topological polar surface area (TPSA) is 55.8 Å². The maximum absolute atomic E-state index is 10.3. The van der Waals surface area contributed by atoms with Crippen LogP contribution in [-0.2, 0) is 14.3 Å². The molecule has 0 aromatic carbocycles. The van der Waals surface area contributed by atoms with Crippen molar-refractivity contribution in [2.24, 2.45) is 0 Å². The molecule has 1 heterocycles. The molecule has 1 N–H and O–H groups in total. The summed E-state index contributed by atoms with van der Waals surface area (Å²) in [6.07, 6.45) is 4.73. The van der Waals surface area contributed by atoms with E-state index in [-0.39, 0.29) is 6.10 Å². The van der Waals surface area contributed by atoms with Gasteiger partial charge in [0, 0.05) is 12.7 Å². The second kappa shape index (κ2) is 6.58. The molecule has 86 valence electrons. The molecule has 1 aliphatic heterocycles. The quantitative estimate of drug-likeness (QED) is 0.706. The molecule has 4 nitrogen and oxygen atoms in total. The van der Waals surface area contributed by atoms with Crippen LogP contribution in [0, 0.1) is 0 Å². The van der Waals surface area contributed by atoms with Crippen LogP contribution in [0.25, 0.3) is 0 Å². The van der Waals surface area contributed by atoms with Crippen molar-refractivity contribution in [2.75, 3.05) is 19.8 Å². The number of rotatable bonds is 5. The van der Waals surface area contributed by atoms with E-state index in [1.54, 1.807) is 6.92 Å². The molecule has 4 heteroatoms. The first-order valence-corrected chi connectivity index (χ1v) is 5.28. The molecular weight excluding hydrogens is 196 g/mol. The van der Waals surface area contributed by atoms with Crippen molar-refractivity contribution in [1.29, 1.82) is 0 Å². The van der Waals surface area contributed by atoms with Crippen LogP contribution in [0.1, 0.15) is 26.2 Å². The Labute approximate surface area is 89.9 Å². The van der Waals surface area contributed by atoms with Crippen LogP contribution in [0.5, 0.6) is 0 Å². The lowest BCUT2D eigenvalue weighted by Gasteiger charge is -2.22. The highest BCUT2D eigenvalue weighted by atomic mass is 16.5. The minimum absolute atomic E-state index is 0.191. The minimum Gasteiger partial charge on any atom is -0.478 e. The van der Waals surface area contributed by atoms with Gasteiger partial charge in [-0.3, -0.25) is 0 Å². The highest BCUT2D eigenvalue weighted by Crippen LogP contribution is 2.12. The van der Waals surface area contributed by atoms with E-state index < -0.39 is 5.97 Å². The summed E-state index contributed by atoms with van der Waals surface area (Å²) in [5, 5.41) is 8.48. The average molecular weight is 214 g/mol. The van der Waals surface area contributed by atoms with Gasteiger partial charge in [-0.15, -0.1) is 0 Å². The van der Waals surface area contributed by atoms with Crippen LogP contribution in [0.3, 0.4) is 0 Å². The lowest BCUT2D eigenvalue weighted by molar-refractivity contribution is -0.131. The van der Waals surface area contributed by atoms with Crippen molar-refractivity contribution >= 4 is 5.97 Å². The first kappa shape index (κ1) is 12.2. The Balaban J connectivity index is 2.12. The largest absolute Gasteiger partial charge is 0.478 e. The second-order valence-electron chi connectivity index (χ2n) is 3.83. The molecule has 15 heavy (non-hydrogen) atoms. The van der Waals surface area contributed by atoms with Gasteiger partial charge in [-0.2, -0.15) is 0 Å². The van der Waals surface area contributed by atoms with Crippen LogP contribution in [0.2, 0.25) is 0 Å². The Bertz CT molecular complexity index is 229. The highest BCUT2D eigenvalue weighted by Gasteiger charge is 2.13. The van der Waals surface area contributed by atoms with Gasteiger partial charge in [-0.05, 0) is 31.8 Å². The van der Waals surface area contributed by atoms with Gasteiger partial charge in [0.15, 0.2) is 0 Å². The summed E-state index contributed by atoms with van der Waals surface area (Å²) < 4.78 is 10.9. The number of hydrogen-bond acceptors (Lipinski definition) is 3. The molecule has 0 saturated carbocycles. The molecular formula is C11H18O4. The Kier molecular flexibility index (Phi) is 5.36. The summed E-state index contributed by atoms with van der Waals surface area (Å²) in [7, 11) is 0. The van der Waals surface area contributed by atoms with Crippen LogP contribution in [0.15, 0.2) is 11.6 Å². The van der Waals surface area contributed by atoms with Crippen LogP contribution in [0.4, 0.5) is 0 Å². The molecule has 1 unspecified atom stereocenters. The van der Waals surface area contributed by atoms with Gasteiger partial charge >= 0.3 is 5.97 Å². The van der Waals surface area contributed by atoms with Gasteiger partial charge in [0.05, 0.1) is 19.3 Å². The van der Waals surface area contributed by atoms with Gasteiger partial charge in [0.2, 0.25) is 0 Å². The third-order valence-electron chi connectivity index (χ3n) is 2.28. The van der Waals surface area contributed by atoms with E-state index in [1.807, 2.05) is 0 Å². The average Bonchev–Trinajstić information content (AvgIpc) is 2.18. The minimum atomic E-state index is -0.926. The third-order valence-corrected chi connectivity index (χ3v) is 2.28. The zero-order valence-electron chi connectivity index (χ0n) is 9.07. The van der Waals surface area contributed by atoms with E-state index in [2.05, 4.69) is 0 Å². The number of ether oxygens (including phenoxy) is 2. The normalized spacial score (nSPS) is 22.7. The van der Waals surface area contributed by atoms with Crippen molar-refractivity contribution in [3.63, 3.8) is 0 Å². The van der Waals surface area contributed by atoms with Crippen LogP contribution < -0.4 is 0 Å². The zero-order valence-corrected chi connectivity index (χ0v) is 9.07. The maximum Gasteiger partial charge on any atom is 0.328 e. The lowest BCUT2D eigenvalue weighted by Crippen LogP contribution is -2.24. The highest BCUT2D eigenvalue weighted by molar-refractivity contribution is 5.80. The van der Waals surface area contributed by atoms with E-state index >= 15 is 0 Å². The molecule has 0 aromatic rings. The first-order chi connectivity index (χ1) is 7.18. The summed E-state index contributed by atoms with van der Waals surface area (Å²) in [6, 6.07) is 0. The number of carboxylic acid groups (broad SMARTS) is 1. The van der Waals surface area contributed by atoms with Crippen LogP contribution in [-0.4, -0.2) is 37.0 Å². The van der Waals surface area contributed by atoms with Gasteiger partial charge in [-0.1, -0.05) is 0 Å². The number of aliphatic carboxylic acids is 1. The summed E-state index contributed by atoms with van der Waals surface area (Å²) in [5.74, 6) is -0.926. The Hall–Kier alpha value is -0.870. The molecule has 0 aromatic heterocycles. The van der Waals surface area contributed by atoms with E-state index in [4.69, 9.17) is 14.6 Å². The number of carboxylic acids is 1. The molecule has 1 rings (SSSR count). The Morgan fingerprint density at radius 1 is 1.60 bits per heavy atom. The molecule has 0 amide bonds. The SMILES string of the molecule is CC(=CC(=O)O)COCC1CCCCO1. The van der Waals surface area contributed by atoms with E-state index in [0.717, 1.165) is 25.0 Å². The first-order valence-electron chi connectivity index (χ1n) is 5.28. The molecule has 1 fully saturated rings. The fourth-order valence-electron chi connectivity index (χ4n) is 1.54. The predicted octanol–water partition coefficient (Wildman–Crippen LogP) is 1.60. The van der Waals surface area contributed by atoms with Gasteiger partial charge in [0.1, 0.15) is 0 Å². The zero-order chi connectivity index (χ0) is 11.1. The van der Waals surface area contributed by atoms with Crippen molar-refractivity contribution in [2.45, 2.75) is 32.3 Å². The molecule has 1 aliphatic rings. The molecule has 0 radical (unpaired) electrons. The number of carbonyl (C=O) groups is 1. The molecule has 0 aliphatic carbocycles. The number of hydrogen-bond donors (Lipinski definition) is 1. The van der Waals surface area contributed by atoms with Crippen molar-refractivity contribution in [1.82, 2.24) is 0 Å². The Morgan fingerprint density at radius 2 is 2.40 bits per heavy atom. The molecule has 0 spiro atoms. The summed E-state index contributed by atoms with van der Waals surface area (Å²) in [5.41, 5.74) is 0.721. The van der Waals surface area contributed by atoms with Gasteiger partial charge < -0.3 is 14.6 Å². The fraction of sp³-hybridized carbons (Fsp3) is 0.727. The molecule has 1 saturated heterocycles. The smallest absolute Gasteiger partial charge is 0.328 e. The monoisotopic (exact) mass is 214 g/mol. The van der Waals surface area contributed by atoms with E-state index in [1.165, 1.54) is 12.5 Å². The Morgan fingerprint density at radius 3 is 3.00 bits per heavy atom. The van der Waals surface area contributed by atoms with Crippen molar-refractivity contribution in [3.8, 4) is 0 Å². The summed E-state index contributed by atoms with van der Waals surface area (Å²) in [4.78, 5) is 10.3. The predicted molar refractivity (Wildman–Crippen MR) is 55.8 cm³/mol. The summed E-state index contributed by atoms with van der Waals surface area (Å²) >= 11 is 0. The molecule has 1 atom stereocenters. The van der Waals surface area contributed by atoms with Crippen molar-refractivity contribution in [3.05, 3.63) is 11.6 Å². The van der Waals surface area contributed by atoms with Gasteiger partial charge in [-0.25, -0.2) is 4.79 Å². The standard InChI is InChI=1S/C11H18O4/c1-9(6-11(12)13)7-14-8-10-4-2-3-5-15-10/h6,10H,2-5,7-8H2,1H3,(H,12,13).